The molecule has 0 aliphatic carbocycles. The Balaban J connectivity index is 0. The minimum Gasteiger partial charge on any atom is -0.481 e. The molecule has 0 heterocycles. The highest BCUT2D eigenvalue weighted by Gasteiger charge is 2.10. The van der Waals surface area contributed by atoms with Crippen molar-refractivity contribution in [1.29, 1.82) is 0 Å². The summed E-state index contributed by atoms with van der Waals surface area (Å²) in [6.07, 6.45) is -0.707. The second kappa shape index (κ2) is 21.0. The second-order valence-corrected chi connectivity index (χ2v) is 5.32. The molecule has 0 unspecified atom stereocenters. The van der Waals surface area contributed by atoms with Gasteiger partial charge in [0.15, 0.2) is 0 Å². The average Bonchev–Trinajstić information content (AvgIpc) is 2.68. The van der Waals surface area contributed by atoms with Crippen molar-refractivity contribution in [3.8, 4) is 0 Å². The zero-order chi connectivity index (χ0) is 23.2. The first kappa shape index (κ1) is 29.5. The Morgan fingerprint density at radius 1 is 0.667 bits per heavy atom. The lowest BCUT2D eigenvalue weighted by Crippen LogP contribution is -2.15. The minimum absolute atomic E-state index is 0.0000709. The molecule has 12 heteroatoms. The van der Waals surface area contributed by atoms with Crippen LogP contribution >= 0.6 is 0 Å². The summed E-state index contributed by atoms with van der Waals surface area (Å²) in [6, 6.07) is 0. The van der Waals surface area contributed by atoms with E-state index in [4.69, 9.17) is 19.7 Å². The van der Waals surface area contributed by atoms with Crippen molar-refractivity contribution < 1.29 is 57.9 Å². The lowest BCUT2D eigenvalue weighted by molar-refractivity contribution is -0.154. The molecule has 0 aromatic rings. The van der Waals surface area contributed by atoms with Gasteiger partial charge in [-0.05, 0) is 6.92 Å². The molecule has 0 aliphatic heterocycles. The molecule has 2 N–H and O–H groups in total. The standard InChI is InChI=1S/C12H18O8.C6H12O4/c1-2-18-10(15)5-6-12(17)20-8-7-19-11(16)4-3-9(13)14;1-6(8)10-5-4-9-3-2-7/h2-8H2,1H3,(H,13,14);7H,2-5H2,1H3. The summed E-state index contributed by atoms with van der Waals surface area (Å²) in [4.78, 5) is 53.4. The summed E-state index contributed by atoms with van der Waals surface area (Å²) in [5.41, 5.74) is 0. The van der Waals surface area contributed by atoms with Crippen molar-refractivity contribution in [2.24, 2.45) is 0 Å². The molecule has 0 fully saturated rings. The molecule has 0 rings (SSSR count). The molecule has 0 aliphatic rings. The molecule has 0 bridgehead atoms. The van der Waals surface area contributed by atoms with Gasteiger partial charge < -0.3 is 33.9 Å². The number of aliphatic hydroxyl groups excluding tert-OH is 1. The fraction of sp³-hybridized carbons (Fsp3) is 0.722. The SMILES string of the molecule is CC(=O)OCCOCCO.CCOC(=O)CCC(=O)OCCOC(=O)CCC(=O)O. The van der Waals surface area contributed by atoms with Crippen LogP contribution in [-0.4, -0.2) is 86.3 Å². The number of aliphatic carboxylic acids is 1. The van der Waals surface area contributed by atoms with Crippen molar-refractivity contribution in [2.75, 3.05) is 46.2 Å². The number of carbonyl (C=O) groups is 5. The Hall–Kier alpha value is -2.73. The van der Waals surface area contributed by atoms with Crippen molar-refractivity contribution in [2.45, 2.75) is 39.5 Å². The van der Waals surface area contributed by atoms with Gasteiger partial charge in [-0.3, -0.25) is 24.0 Å². The third kappa shape index (κ3) is 25.3. The number of rotatable bonds is 15. The number of hydrogen-bond donors (Lipinski definition) is 2. The van der Waals surface area contributed by atoms with E-state index < -0.39 is 23.9 Å². The highest BCUT2D eigenvalue weighted by Crippen LogP contribution is 1.97. The summed E-state index contributed by atoms with van der Waals surface area (Å²) < 4.78 is 23.3. The van der Waals surface area contributed by atoms with Crippen molar-refractivity contribution in [3.63, 3.8) is 0 Å². The van der Waals surface area contributed by atoms with Gasteiger partial charge in [0.25, 0.3) is 0 Å². The molecule has 0 saturated carbocycles. The number of ether oxygens (including phenoxy) is 5. The molecule has 0 spiro atoms. The zero-order valence-electron chi connectivity index (χ0n) is 17.3. The van der Waals surface area contributed by atoms with Crippen LogP contribution in [0.15, 0.2) is 0 Å². The summed E-state index contributed by atoms with van der Waals surface area (Å²) in [5.74, 6) is -3.15. The van der Waals surface area contributed by atoms with E-state index in [2.05, 4.69) is 14.2 Å². The third-order valence-electron chi connectivity index (χ3n) is 2.76. The number of esters is 4. The molecule has 0 atom stereocenters. The van der Waals surface area contributed by atoms with E-state index in [9.17, 15) is 24.0 Å². The average molecular weight is 438 g/mol. The summed E-state index contributed by atoms with van der Waals surface area (Å²) in [7, 11) is 0. The lowest BCUT2D eigenvalue weighted by atomic mass is 10.3. The molecule has 0 radical (unpaired) electrons. The van der Waals surface area contributed by atoms with E-state index in [0.29, 0.717) is 13.2 Å². The number of carboxylic acid groups (broad SMARTS) is 1. The van der Waals surface area contributed by atoms with Gasteiger partial charge in [0.2, 0.25) is 0 Å². The van der Waals surface area contributed by atoms with Crippen LogP contribution in [0, 0.1) is 0 Å². The van der Waals surface area contributed by atoms with Gasteiger partial charge >= 0.3 is 29.8 Å². The fourth-order valence-electron chi connectivity index (χ4n) is 1.51. The van der Waals surface area contributed by atoms with Crippen LogP contribution in [0.1, 0.15) is 39.5 Å². The molecular weight excluding hydrogens is 408 g/mol. The Kier molecular flexibility index (Phi) is 20.6. The molecule has 0 amide bonds. The van der Waals surface area contributed by atoms with Crippen LogP contribution in [-0.2, 0) is 47.7 Å². The number of aliphatic hydroxyl groups is 1. The van der Waals surface area contributed by atoms with Gasteiger partial charge in [0.1, 0.15) is 19.8 Å². The maximum absolute atomic E-state index is 11.2. The summed E-state index contributed by atoms with van der Waals surface area (Å²) >= 11 is 0. The van der Waals surface area contributed by atoms with Crippen LogP contribution in [0.5, 0.6) is 0 Å². The largest absolute Gasteiger partial charge is 0.481 e. The topological polar surface area (TPSA) is 172 Å². The molecule has 30 heavy (non-hydrogen) atoms. The third-order valence-corrected chi connectivity index (χ3v) is 2.76. The summed E-state index contributed by atoms with van der Waals surface area (Å²) in [5, 5.41) is 16.6. The van der Waals surface area contributed by atoms with E-state index in [1.54, 1.807) is 6.92 Å². The van der Waals surface area contributed by atoms with Crippen molar-refractivity contribution in [1.82, 2.24) is 0 Å². The van der Waals surface area contributed by atoms with Gasteiger partial charge in [-0.15, -0.1) is 0 Å². The highest BCUT2D eigenvalue weighted by molar-refractivity contribution is 5.78. The van der Waals surface area contributed by atoms with E-state index in [1.165, 1.54) is 6.92 Å². The maximum atomic E-state index is 11.2. The molecule has 12 nitrogen and oxygen atoms in total. The van der Waals surface area contributed by atoms with Crippen LogP contribution < -0.4 is 0 Å². The predicted octanol–water partition coefficient (Wildman–Crippen LogP) is -0.161. The smallest absolute Gasteiger partial charge is 0.306 e. The summed E-state index contributed by atoms with van der Waals surface area (Å²) in [6.45, 7) is 3.86. The van der Waals surface area contributed by atoms with E-state index in [-0.39, 0.29) is 64.7 Å². The highest BCUT2D eigenvalue weighted by atomic mass is 16.6. The molecular formula is C18H30O12. The van der Waals surface area contributed by atoms with Crippen LogP contribution in [0.2, 0.25) is 0 Å². The first-order chi connectivity index (χ1) is 14.2. The first-order valence-electron chi connectivity index (χ1n) is 9.23. The fourth-order valence-corrected chi connectivity index (χ4v) is 1.51. The monoisotopic (exact) mass is 438 g/mol. The Morgan fingerprint density at radius 3 is 1.57 bits per heavy atom. The Morgan fingerprint density at radius 2 is 1.13 bits per heavy atom. The maximum Gasteiger partial charge on any atom is 0.306 e. The molecule has 174 valence electrons. The Bertz CT molecular complexity index is 517. The van der Waals surface area contributed by atoms with Gasteiger partial charge in [-0.1, -0.05) is 0 Å². The lowest BCUT2D eigenvalue weighted by Gasteiger charge is -2.06. The number of carbonyl (C=O) groups excluding carboxylic acids is 4. The molecule has 0 aromatic carbocycles. The second-order valence-electron chi connectivity index (χ2n) is 5.32. The van der Waals surface area contributed by atoms with Crippen LogP contribution in [0.25, 0.3) is 0 Å². The van der Waals surface area contributed by atoms with Crippen molar-refractivity contribution in [3.05, 3.63) is 0 Å². The number of hydrogen-bond acceptors (Lipinski definition) is 11. The minimum atomic E-state index is -1.09. The van der Waals surface area contributed by atoms with Crippen molar-refractivity contribution >= 4 is 29.8 Å². The van der Waals surface area contributed by atoms with E-state index in [0.717, 1.165) is 0 Å². The molecule has 0 saturated heterocycles. The van der Waals surface area contributed by atoms with E-state index in [1.807, 2.05) is 0 Å². The molecule has 0 aromatic heterocycles. The van der Waals surface area contributed by atoms with E-state index >= 15 is 0 Å². The quantitative estimate of drug-likeness (QED) is 0.197. The van der Waals surface area contributed by atoms with Gasteiger partial charge in [-0.2, -0.15) is 0 Å². The van der Waals surface area contributed by atoms with Crippen LogP contribution in [0.4, 0.5) is 0 Å². The Labute approximate surface area is 174 Å². The van der Waals surface area contributed by atoms with Gasteiger partial charge in [0, 0.05) is 6.92 Å². The van der Waals surface area contributed by atoms with Gasteiger partial charge in [-0.25, -0.2) is 0 Å². The normalized spacial score (nSPS) is 9.57. The van der Waals surface area contributed by atoms with Gasteiger partial charge in [0.05, 0.1) is 52.1 Å². The predicted molar refractivity (Wildman–Crippen MR) is 99.2 cm³/mol. The first-order valence-corrected chi connectivity index (χ1v) is 9.23. The zero-order valence-corrected chi connectivity index (χ0v) is 17.3. The van der Waals surface area contributed by atoms with Crippen LogP contribution in [0.3, 0.4) is 0 Å². The number of carboxylic acids is 1.